The zero-order valence-corrected chi connectivity index (χ0v) is 21.9. The highest BCUT2D eigenvalue weighted by atomic mass is 35.5. The molecule has 4 amide bonds. The summed E-state index contributed by atoms with van der Waals surface area (Å²) in [5.41, 5.74) is 9.95. The Morgan fingerprint density at radius 1 is 0.868 bits per heavy atom. The summed E-state index contributed by atoms with van der Waals surface area (Å²) in [6.45, 7) is 7.45. The second-order valence-corrected chi connectivity index (χ2v) is 7.67. The van der Waals surface area contributed by atoms with Crippen LogP contribution in [0.4, 0.5) is 15.3 Å². The average molecular weight is 552 g/mol. The van der Waals surface area contributed by atoms with Gasteiger partial charge in [0.1, 0.15) is 6.61 Å². The zero-order chi connectivity index (χ0) is 26.5. The van der Waals surface area contributed by atoms with Crippen molar-refractivity contribution in [3.05, 3.63) is 77.4 Å². The van der Waals surface area contributed by atoms with E-state index in [0.29, 0.717) is 5.69 Å². The van der Waals surface area contributed by atoms with Crippen LogP contribution in [0.5, 0.6) is 0 Å². The number of primary amides is 1. The summed E-state index contributed by atoms with van der Waals surface area (Å²) in [7, 11) is 0. The maximum Gasteiger partial charge on any atom is 0.411 e. The SMILES string of the molecule is CCN(CC)Cc1ccc2cc(COC(=O)Nc3ccc(C(=O)NO)cc3)ccc2c1.Cl.NC(=O)NO.O. The van der Waals surface area contributed by atoms with Gasteiger partial charge in [-0.05, 0) is 71.4 Å². The van der Waals surface area contributed by atoms with Crippen molar-refractivity contribution in [1.82, 2.24) is 15.9 Å². The predicted octanol–water partition coefficient (Wildman–Crippen LogP) is 3.19. The Labute approximate surface area is 226 Å². The summed E-state index contributed by atoms with van der Waals surface area (Å²) in [5, 5.41) is 20.9. The molecule has 0 radical (unpaired) electrons. The first-order chi connectivity index (χ1) is 17.3. The molecule has 38 heavy (non-hydrogen) atoms. The summed E-state index contributed by atoms with van der Waals surface area (Å²) in [5.74, 6) is -0.620. The smallest absolute Gasteiger partial charge is 0.411 e. The van der Waals surface area contributed by atoms with Gasteiger partial charge in [-0.2, -0.15) is 0 Å². The van der Waals surface area contributed by atoms with Crippen molar-refractivity contribution in [2.75, 3.05) is 18.4 Å². The van der Waals surface area contributed by atoms with Crippen molar-refractivity contribution in [2.45, 2.75) is 27.0 Å². The van der Waals surface area contributed by atoms with Gasteiger partial charge in [-0.3, -0.25) is 25.4 Å². The summed E-state index contributed by atoms with van der Waals surface area (Å²) in [6.07, 6.45) is -0.589. The van der Waals surface area contributed by atoms with E-state index in [1.54, 1.807) is 17.6 Å². The monoisotopic (exact) mass is 551 g/mol. The van der Waals surface area contributed by atoms with Crippen LogP contribution in [0.3, 0.4) is 0 Å². The van der Waals surface area contributed by atoms with Gasteiger partial charge in [-0.15, -0.1) is 12.4 Å². The van der Waals surface area contributed by atoms with E-state index in [2.05, 4.69) is 48.0 Å². The first kappa shape index (κ1) is 34.1. The number of anilines is 1. The lowest BCUT2D eigenvalue weighted by molar-refractivity contribution is 0.0706. The fraction of sp³-hybridized carbons (Fsp3) is 0.240. The molecule has 0 heterocycles. The standard InChI is InChI=1S/C24H27N3O4.CH4N2O2.ClH.H2O/c1-3-27(4-2)15-17-5-7-21-14-18(6-8-20(21)13-17)16-31-24(29)25-22-11-9-19(10-12-22)23(28)26-30;2-1(4)3-5;;/h5-14,30H,3-4,15-16H2,1-2H3,(H,25,29)(H,26,28);5H,(H3,2,3,4);1H;1H2. The number of rotatable bonds is 8. The third-order valence-electron chi connectivity index (χ3n) is 5.24. The van der Waals surface area contributed by atoms with Crippen molar-refractivity contribution in [3.8, 4) is 0 Å². The van der Waals surface area contributed by atoms with E-state index < -0.39 is 18.0 Å². The van der Waals surface area contributed by atoms with Gasteiger partial charge >= 0.3 is 12.1 Å². The van der Waals surface area contributed by atoms with Crippen molar-refractivity contribution >= 4 is 46.9 Å². The summed E-state index contributed by atoms with van der Waals surface area (Å²) in [6, 6.07) is 17.6. The molecule has 0 aromatic heterocycles. The van der Waals surface area contributed by atoms with E-state index in [0.717, 1.165) is 36.0 Å². The molecule has 0 bridgehead atoms. The summed E-state index contributed by atoms with van der Waals surface area (Å²) in [4.78, 5) is 35.0. The number of nitrogens with two attached hydrogens (primary N) is 1. The maximum absolute atomic E-state index is 12.1. The van der Waals surface area contributed by atoms with Gasteiger partial charge in [0, 0.05) is 17.8 Å². The van der Waals surface area contributed by atoms with Crippen LogP contribution in [-0.4, -0.2) is 51.9 Å². The number of amides is 4. The van der Waals surface area contributed by atoms with E-state index in [9.17, 15) is 14.4 Å². The molecule has 0 spiro atoms. The lowest BCUT2D eigenvalue weighted by Gasteiger charge is -2.18. The fourth-order valence-electron chi connectivity index (χ4n) is 3.31. The Morgan fingerprint density at radius 3 is 1.89 bits per heavy atom. The van der Waals surface area contributed by atoms with Crippen LogP contribution in [0.15, 0.2) is 60.7 Å². The molecule has 3 rings (SSSR count). The van der Waals surface area contributed by atoms with Crippen LogP contribution in [0, 0.1) is 0 Å². The van der Waals surface area contributed by atoms with Gasteiger partial charge in [-0.1, -0.05) is 38.1 Å². The molecule has 12 nitrogen and oxygen atoms in total. The molecular formula is C25H34ClN5O7. The molecule has 0 saturated carbocycles. The van der Waals surface area contributed by atoms with Crippen molar-refractivity contribution < 1.29 is 35.0 Å². The molecule has 0 aliphatic carbocycles. The van der Waals surface area contributed by atoms with E-state index in [-0.39, 0.29) is 30.1 Å². The Hall–Kier alpha value is -3.94. The fourth-order valence-corrected chi connectivity index (χ4v) is 3.31. The predicted molar refractivity (Wildman–Crippen MR) is 145 cm³/mol. The van der Waals surface area contributed by atoms with Gasteiger partial charge in [0.15, 0.2) is 0 Å². The lowest BCUT2D eigenvalue weighted by atomic mass is 10.0. The van der Waals surface area contributed by atoms with Crippen LogP contribution < -0.4 is 22.0 Å². The molecule has 9 N–H and O–H groups in total. The summed E-state index contributed by atoms with van der Waals surface area (Å²) >= 11 is 0. The number of carbonyl (C=O) groups excluding carboxylic acids is 3. The van der Waals surface area contributed by atoms with Gasteiger partial charge < -0.3 is 15.9 Å². The van der Waals surface area contributed by atoms with Gasteiger partial charge in [0.25, 0.3) is 5.91 Å². The van der Waals surface area contributed by atoms with E-state index in [4.69, 9.17) is 15.2 Å². The third kappa shape index (κ3) is 11.0. The Kier molecular flexibility index (Phi) is 15.7. The highest BCUT2D eigenvalue weighted by Crippen LogP contribution is 2.20. The Morgan fingerprint density at radius 2 is 1.39 bits per heavy atom. The highest BCUT2D eigenvalue weighted by molar-refractivity contribution is 5.94. The van der Waals surface area contributed by atoms with E-state index >= 15 is 0 Å². The first-order valence-electron chi connectivity index (χ1n) is 11.2. The Bertz CT molecular complexity index is 1170. The van der Waals surface area contributed by atoms with Crippen LogP contribution >= 0.6 is 12.4 Å². The normalized spacial score (nSPS) is 9.71. The number of ether oxygens (including phenoxy) is 1. The van der Waals surface area contributed by atoms with Gasteiger partial charge in [0.05, 0.1) is 0 Å². The number of nitrogens with zero attached hydrogens (tertiary/aromatic N) is 1. The highest BCUT2D eigenvalue weighted by Gasteiger charge is 2.08. The molecule has 0 aliphatic rings. The number of nitrogens with one attached hydrogen (secondary N) is 3. The first-order valence-corrected chi connectivity index (χ1v) is 11.2. The van der Waals surface area contributed by atoms with Crippen molar-refractivity contribution in [2.24, 2.45) is 5.73 Å². The van der Waals surface area contributed by atoms with Crippen LogP contribution in [0.1, 0.15) is 35.3 Å². The minimum Gasteiger partial charge on any atom is -0.444 e. The topological polar surface area (TPSA) is 198 Å². The number of hydrogen-bond acceptors (Lipinski definition) is 7. The van der Waals surface area contributed by atoms with E-state index in [1.807, 2.05) is 18.2 Å². The number of hydroxylamine groups is 2. The molecule has 0 fully saturated rings. The zero-order valence-electron chi connectivity index (χ0n) is 21.1. The average Bonchev–Trinajstić information content (AvgIpc) is 2.90. The van der Waals surface area contributed by atoms with Gasteiger partial charge in [-0.25, -0.2) is 20.5 Å². The minimum absolute atomic E-state index is 0. The molecule has 0 atom stereocenters. The number of carbonyl (C=O) groups is 3. The molecule has 3 aromatic carbocycles. The molecule has 0 aliphatic heterocycles. The molecule has 0 saturated heterocycles. The third-order valence-corrected chi connectivity index (χ3v) is 5.24. The maximum atomic E-state index is 12.1. The quantitative estimate of drug-likeness (QED) is 0.182. The van der Waals surface area contributed by atoms with Crippen LogP contribution in [-0.2, 0) is 17.9 Å². The number of benzene rings is 3. The largest absolute Gasteiger partial charge is 0.444 e. The van der Waals surface area contributed by atoms with Gasteiger partial charge in [0.2, 0.25) is 0 Å². The minimum atomic E-state index is -0.940. The second-order valence-electron chi connectivity index (χ2n) is 7.67. The second kappa shape index (κ2) is 17.5. The molecular weight excluding hydrogens is 518 g/mol. The molecule has 3 aromatic rings. The van der Waals surface area contributed by atoms with Crippen molar-refractivity contribution in [1.29, 1.82) is 0 Å². The number of fused-ring (bicyclic) bond motifs is 1. The van der Waals surface area contributed by atoms with E-state index in [1.165, 1.54) is 23.2 Å². The summed E-state index contributed by atoms with van der Waals surface area (Å²) < 4.78 is 5.31. The Balaban J connectivity index is 0.00000179. The molecule has 13 heteroatoms. The number of halogens is 1. The van der Waals surface area contributed by atoms with Crippen LogP contribution in [0.2, 0.25) is 0 Å². The molecule has 0 unspecified atom stereocenters. The number of hydrogen-bond donors (Lipinski definition) is 6. The lowest BCUT2D eigenvalue weighted by Crippen LogP contribution is -2.25. The van der Waals surface area contributed by atoms with Crippen LogP contribution in [0.25, 0.3) is 10.8 Å². The number of urea groups is 1. The van der Waals surface area contributed by atoms with Crippen molar-refractivity contribution in [3.63, 3.8) is 0 Å². The molecule has 208 valence electrons.